The highest BCUT2D eigenvalue weighted by Gasteiger charge is 2.22. The highest BCUT2D eigenvalue weighted by atomic mass is 32.1. The van der Waals surface area contributed by atoms with Crippen LogP contribution in [0.15, 0.2) is 24.3 Å². The third-order valence-corrected chi connectivity index (χ3v) is 3.75. The Kier molecular flexibility index (Phi) is 4.14. The molecule has 1 heterocycles. The first-order valence-corrected chi connectivity index (χ1v) is 6.89. The lowest BCUT2D eigenvalue weighted by Crippen LogP contribution is -2.09. The molecule has 0 aliphatic rings. The summed E-state index contributed by atoms with van der Waals surface area (Å²) in [5.74, 6) is -0.787. The van der Waals surface area contributed by atoms with Crippen LogP contribution in [0.3, 0.4) is 0 Å². The normalized spacial score (nSPS) is 10.3. The number of ether oxygens (including phenoxy) is 1. The molecule has 0 unspecified atom stereocenters. The van der Waals surface area contributed by atoms with Crippen molar-refractivity contribution in [3.8, 4) is 10.6 Å². The van der Waals surface area contributed by atoms with E-state index in [0.717, 1.165) is 5.56 Å². The van der Waals surface area contributed by atoms with Gasteiger partial charge in [-0.3, -0.25) is 4.79 Å². The van der Waals surface area contributed by atoms with Crippen molar-refractivity contribution >= 4 is 28.8 Å². The van der Waals surface area contributed by atoms with Crippen LogP contribution in [-0.4, -0.2) is 23.3 Å². The van der Waals surface area contributed by atoms with E-state index in [1.165, 1.54) is 18.3 Å². The fourth-order valence-electron chi connectivity index (χ4n) is 1.69. The molecule has 0 saturated carbocycles. The van der Waals surface area contributed by atoms with Crippen LogP contribution in [-0.2, 0) is 4.74 Å². The third-order valence-electron chi connectivity index (χ3n) is 2.55. The number of nitrogens with zero attached hydrogens (tertiary/aromatic N) is 1. The van der Waals surface area contributed by atoms with Gasteiger partial charge in [0.05, 0.1) is 6.61 Å². The highest BCUT2D eigenvalue weighted by molar-refractivity contribution is 7.17. The fourth-order valence-corrected chi connectivity index (χ4v) is 2.64. The molecule has 104 valence electrons. The second-order valence-corrected chi connectivity index (χ2v) is 5.10. The van der Waals surface area contributed by atoms with Crippen molar-refractivity contribution in [3.05, 3.63) is 34.8 Å². The van der Waals surface area contributed by atoms with Gasteiger partial charge < -0.3 is 10.5 Å². The van der Waals surface area contributed by atoms with Gasteiger partial charge in [-0.15, -0.1) is 11.3 Å². The van der Waals surface area contributed by atoms with Crippen LogP contribution in [0.1, 0.15) is 34.0 Å². The molecule has 0 aliphatic carbocycles. The fraction of sp³-hybridized carbons (Fsp3) is 0.214. The average molecular weight is 290 g/mol. The number of hydrogen-bond donors (Lipinski definition) is 1. The Balaban J connectivity index is 2.49. The molecule has 0 bridgehead atoms. The molecule has 0 atom stereocenters. The number of hydrogen-bond acceptors (Lipinski definition) is 6. The van der Waals surface area contributed by atoms with E-state index in [-0.39, 0.29) is 18.1 Å². The number of benzene rings is 1. The molecular formula is C14H14N2O3S. The molecule has 2 aromatic rings. The first-order chi connectivity index (χ1) is 9.52. The summed E-state index contributed by atoms with van der Waals surface area (Å²) >= 11 is 1.17. The van der Waals surface area contributed by atoms with E-state index in [1.807, 2.05) is 6.07 Å². The molecule has 6 heteroatoms. The van der Waals surface area contributed by atoms with Gasteiger partial charge >= 0.3 is 5.97 Å². The largest absolute Gasteiger partial charge is 0.461 e. The van der Waals surface area contributed by atoms with Crippen molar-refractivity contribution in [1.29, 1.82) is 0 Å². The number of ketones is 1. The van der Waals surface area contributed by atoms with Crippen molar-refractivity contribution in [3.63, 3.8) is 0 Å². The highest BCUT2D eigenvalue weighted by Crippen LogP contribution is 2.30. The predicted molar refractivity (Wildman–Crippen MR) is 77.9 cm³/mol. The van der Waals surface area contributed by atoms with Gasteiger partial charge in [0.2, 0.25) is 0 Å². The van der Waals surface area contributed by atoms with E-state index >= 15 is 0 Å². The van der Waals surface area contributed by atoms with Crippen molar-refractivity contribution < 1.29 is 14.3 Å². The lowest BCUT2D eigenvalue weighted by atomic mass is 10.2. The van der Waals surface area contributed by atoms with Gasteiger partial charge in [0.1, 0.15) is 9.88 Å². The number of nitrogens with two attached hydrogens (primary N) is 1. The zero-order valence-corrected chi connectivity index (χ0v) is 12.0. The van der Waals surface area contributed by atoms with Gasteiger partial charge in [0.15, 0.2) is 11.5 Å². The molecule has 20 heavy (non-hydrogen) atoms. The molecule has 2 rings (SSSR count). The van der Waals surface area contributed by atoms with Crippen molar-refractivity contribution in [2.75, 3.05) is 12.3 Å². The molecule has 0 spiro atoms. The first-order valence-electron chi connectivity index (χ1n) is 6.07. The maximum Gasteiger partial charge on any atom is 0.358 e. The molecule has 5 nitrogen and oxygen atoms in total. The Morgan fingerprint density at radius 1 is 1.40 bits per heavy atom. The van der Waals surface area contributed by atoms with Crippen LogP contribution < -0.4 is 5.73 Å². The number of anilines is 1. The number of esters is 1. The minimum Gasteiger partial charge on any atom is -0.461 e. The Labute approximate surface area is 120 Å². The Morgan fingerprint density at radius 3 is 2.75 bits per heavy atom. The molecule has 2 N–H and O–H groups in total. The van der Waals surface area contributed by atoms with Crippen LogP contribution in [0.2, 0.25) is 0 Å². The number of nitrogen functional groups attached to an aromatic ring is 1. The van der Waals surface area contributed by atoms with Gasteiger partial charge in [0, 0.05) is 18.2 Å². The zero-order valence-electron chi connectivity index (χ0n) is 11.2. The lowest BCUT2D eigenvalue weighted by Gasteiger charge is -1.99. The number of thiazole rings is 1. The summed E-state index contributed by atoms with van der Waals surface area (Å²) in [6.07, 6.45) is 0. The molecule has 1 aromatic carbocycles. The Morgan fingerprint density at radius 2 is 2.15 bits per heavy atom. The standard InChI is InChI=1S/C14H14N2O3S/c1-3-19-14(18)11-12(8(2)17)20-13(16-11)9-5-4-6-10(15)7-9/h4-7H,3,15H2,1-2H3. The molecule has 0 aliphatic heterocycles. The van der Waals surface area contributed by atoms with E-state index < -0.39 is 5.97 Å². The summed E-state index contributed by atoms with van der Waals surface area (Å²) in [6, 6.07) is 7.13. The van der Waals surface area contributed by atoms with E-state index in [2.05, 4.69) is 4.98 Å². The Hall–Kier alpha value is -2.21. The number of carbonyl (C=O) groups excluding carboxylic acids is 2. The van der Waals surface area contributed by atoms with Crippen LogP contribution in [0.5, 0.6) is 0 Å². The van der Waals surface area contributed by atoms with Crippen LogP contribution in [0.25, 0.3) is 10.6 Å². The van der Waals surface area contributed by atoms with Crippen molar-refractivity contribution in [2.24, 2.45) is 0 Å². The minimum absolute atomic E-state index is 0.0711. The molecule has 0 amide bonds. The maximum absolute atomic E-state index is 11.8. The zero-order chi connectivity index (χ0) is 14.7. The average Bonchev–Trinajstić information content (AvgIpc) is 2.84. The van der Waals surface area contributed by atoms with Crippen LogP contribution >= 0.6 is 11.3 Å². The summed E-state index contributed by atoms with van der Waals surface area (Å²) in [6.45, 7) is 3.34. The summed E-state index contributed by atoms with van der Waals surface area (Å²) in [7, 11) is 0. The number of Topliss-reactive ketones (excluding diaryl/α,β-unsaturated/α-hetero) is 1. The van der Waals surface area contributed by atoms with Gasteiger partial charge in [-0.25, -0.2) is 9.78 Å². The second-order valence-electron chi connectivity index (χ2n) is 4.10. The number of carbonyl (C=O) groups is 2. The summed E-state index contributed by atoms with van der Waals surface area (Å²) < 4.78 is 4.92. The monoisotopic (exact) mass is 290 g/mol. The number of aromatic nitrogens is 1. The molecule has 1 aromatic heterocycles. The minimum atomic E-state index is -0.580. The van der Waals surface area contributed by atoms with Crippen molar-refractivity contribution in [2.45, 2.75) is 13.8 Å². The van der Waals surface area contributed by atoms with Crippen LogP contribution in [0, 0.1) is 0 Å². The van der Waals surface area contributed by atoms with Crippen molar-refractivity contribution in [1.82, 2.24) is 4.98 Å². The summed E-state index contributed by atoms with van der Waals surface area (Å²) in [4.78, 5) is 28.0. The van der Waals surface area contributed by atoms with Gasteiger partial charge in [-0.2, -0.15) is 0 Å². The summed E-state index contributed by atoms with van der Waals surface area (Å²) in [5, 5.41) is 0.575. The number of rotatable bonds is 4. The lowest BCUT2D eigenvalue weighted by molar-refractivity contribution is 0.0517. The molecule has 0 fully saturated rings. The Bertz CT molecular complexity index is 664. The molecule has 0 saturated heterocycles. The maximum atomic E-state index is 11.8. The van der Waals surface area contributed by atoms with E-state index in [9.17, 15) is 9.59 Å². The van der Waals surface area contributed by atoms with Gasteiger partial charge in [-0.1, -0.05) is 12.1 Å². The smallest absolute Gasteiger partial charge is 0.358 e. The summed E-state index contributed by atoms with van der Waals surface area (Å²) in [5.41, 5.74) is 7.17. The van der Waals surface area contributed by atoms with E-state index in [4.69, 9.17) is 10.5 Å². The SMILES string of the molecule is CCOC(=O)c1nc(-c2cccc(N)c2)sc1C(C)=O. The second kappa shape index (κ2) is 5.83. The van der Waals surface area contributed by atoms with Crippen LogP contribution in [0.4, 0.5) is 5.69 Å². The quantitative estimate of drug-likeness (QED) is 0.532. The first kappa shape index (κ1) is 14.2. The molecular weight excluding hydrogens is 276 g/mol. The third kappa shape index (κ3) is 2.85. The predicted octanol–water partition coefficient (Wildman–Crippen LogP) is 2.77. The van der Waals surface area contributed by atoms with Gasteiger partial charge in [-0.05, 0) is 19.1 Å². The molecule has 0 radical (unpaired) electrons. The van der Waals surface area contributed by atoms with E-state index in [1.54, 1.807) is 25.1 Å². The van der Waals surface area contributed by atoms with Gasteiger partial charge in [0.25, 0.3) is 0 Å². The van der Waals surface area contributed by atoms with E-state index in [0.29, 0.717) is 15.6 Å². The topological polar surface area (TPSA) is 82.3 Å².